The van der Waals surface area contributed by atoms with Crippen LogP contribution in [0.3, 0.4) is 0 Å². The van der Waals surface area contributed by atoms with Gasteiger partial charge in [-0.05, 0) is 43.7 Å². The number of carboxylic acid groups (broad SMARTS) is 1. The highest BCUT2D eigenvalue weighted by Crippen LogP contribution is 2.20. The summed E-state index contributed by atoms with van der Waals surface area (Å²) >= 11 is 3.39. The number of carbonyl (C=O) groups is 1. The maximum Gasteiger partial charge on any atom is 0.304 e. The highest BCUT2D eigenvalue weighted by Gasteiger charge is 2.24. The van der Waals surface area contributed by atoms with Gasteiger partial charge in [0.1, 0.15) is 12.4 Å². The van der Waals surface area contributed by atoms with Crippen LogP contribution in [-0.4, -0.2) is 41.7 Å². The van der Waals surface area contributed by atoms with E-state index in [1.807, 2.05) is 24.3 Å². The van der Waals surface area contributed by atoms with E-state index in [1.54, 1.807) is 0 Å². The molecule has 110 valence electrons. The van der Waals surface area contributed by atoms with Crippen LogP contribution in [-0.2, 0) is 4.79 Å². The lowest BCUT2D eigenvalue weighted by Crippen LogP contribution is -2.42. The summed E-state index contributed by atoms with van der Waals surface area (Å²) in [5.41, 5.74) is 0. The van der Waals surface area contributed by atoms with E-state index < -0.39 is 5.97 Å². The molecule has 2 rings (SSSR count). The summed E-state index contributed by atoms with van der Waals surface area (Å²) in [6.45, 7) is 2.35. The van der Waals surface area contributed by atoms with Gasteiger partial charge in [-0.3, -0.25) is 9.69 Å². The van der Waals surface area contributed by atoms with E-state index in [9.17, 15) is 4.79 Å². The minimum atomic E-state index is -0.712. The second-order valence-corrected chi connectivity index (χ2v) is 6.00. The van der Waals surface area contributed by atoms with Crippen molar-refractivity contribution in [3.8, 4) is 5.75 Å². The average molecular weight is 342 g/mol. The molecule has 1 atom stereocenters. The number of hydrogen-bond donors (Lipinski definition) is 1. The fourth-order valence-electron chi connectivity index (χ4n) is 2.60. The van der Waals surface area contributed by atoms with Gasteiger partial charge in [0, 0.05) is 17.1 Å². The van der Waals surface area contributed by atoms with Gasteiger partial charge in [-0.2, -0.15) is 0 Å². The number of benzene rings is 1. The summed E-state index contributed by atoms with van der Waals surface area (Å²) in [5.74, 6) is 0.135. The SMILES string of the molecule is O=C(O)CC1CCCCN1CCOc1ccc(Br)cc1. The highest BCUT2D eigenvalue weighted by molar-refractivity contribution is 9.10. The molecule has 5 heteroatoms. The summed E-state index contributed by atoms with van der Waals surface area (Å²) in [6, 6.07) is 7.91. The van der Waals surface area contributed by atoms with Crippen molar-refractivity contribution in [1.82, 2.24) is 4.90 Å². The third-order valence-electron chi connectivity index (χ3n) is 3.62. The van der Waals surface area contributed by atoms with Gasteiger partial charge in [0.25, 0.3) is 0 Å². The zero-order valence-corrected chi connectivity index (χ0v) is 13.0. The van der Waals surface area contributed by atoms with Crippen LogP contribution in [0.25, 0.3) is 0 Å². The molecule has 1 aromatic carbocycles. The Morgan fingerprint density at radius 2 is 2.10 bits per heavy atom. The Labute approximate surface area is 127 Å². The molecule has 4 nitrogen and oxygen atoms in total. The van der Waals surface area contributed by atoms with Crippen LogP contribution >= 0.6 is 15.9 Å². The molecular weight excluding hydrogens is 322 g/mol. The Morgan fingerprint density at radius 3 is 2.80 bits per heavy atom. The molecule has 0 radical (unpaired) electrons. The molecule has 1 aromatic rings. The van der Waals surface area contributed by atoms with Crippen molar-refractivity contribution in [2.24, 2.45) is 0 Å². The van der Waals surface area contributed by atoms with Gasteiger partial charge in [0.15, 0.2) is 0 Å². The monoisotopic (exact) mass is 341 g/mol. The summed E-state index contributed by atoms with van der Waals surface area (Å²) in [4.78, 5) is 13.1. The van der Waals surface area contributed by atoms with Gasteiger partial charge in [-0.15, -0.1) is 0 Å². The molecule has 0 aromatic heterocycles. The summed E-state index contributed by atoms with van der Waals surface area (Å²) in [6.07, 6.45) is 3.49. The van der Waals surface area contributed by atoms with Crippen molar-refractivity contribution in [2.45, 2.75) is 31.7 Å². The summed E-state index contributed by atoms with van der Waals surface area (Å²) < 4.78 is 6.74. The number of ether oxygens (including phenoxy) is 1. The summed E-state index contributed by atoms with van der Waals surface area (Å²) in [7, 11) is 0. The van der Waals surface area contributed by atoms with Crippen molar-refractivity contribution < 1.29 is 14.6 Å². The van der Waals surface area contributed by atoms with E-state index in [-0.39, 0.29) is 12.5 Å². The zero-order chi connectivity index (χ0) is 14.4. The zero-order valence-electron chi connectivity index (χ0n) is 11.4. The Morgan fingerprint density at radius 1 is 1.35 bits per heavy atom. The fraction of sp³-hybridized carbons (Fsp3) is 0.533. The second kappa shape index (κ2) is 7.64. The Bertz CT molecular complexity index is 435. The number of rotatable bonds is 6. The quantitative estimate of drug-likeness (QED) is 0.863. The van der Waals surface area contributed by atoms with Crippen LogP contribution in [0, 0.1) is 0 Å². The molecule has 0 saturated carbocycles. The maximum atomic E-state index is 10.9. The summed E-state index contributed by atoms with van der Waals surface area (Å²) in [5, 5.41) is 8.95. The molecule has 0 spiro atoms. The molecule has 0 aliphatic carbocycles. The molecule has 1 unspecified atom stereocenters. The Balaban J connectivity index is 1.79. The van der Waals surface area contributed by atoms with Gasteiger partial charge in [-0.1, -0.05) is 22.4 Å². The number of carboxylic acids is 1. The normalized spacial score (nSPS) is 19.8. The van der Waals surface area contributed by atoms with E-state index >= 15 is 0 Å². The molecule has 1 heterocycles. The first-order valence-corrected chi connectivity index (χ1v) is 7.78. The number of aliphatic carboxylic acids is 1. The smallest absolute Gasteiger partial charge is 0.304 e. The lowest BCUT2D eigenvalue weighted by Gasteiger charge is -2.34. The van der Waals surface area contributed by atoms with E-state index in [4.69, 9.17) is 9.84 Å². The minimum absolute atomic E-state index is 0.162. The second-order valence-electron chi connectivity index (χ2n) is 5.09. The molecule has 0 bridgehead atoms. The van der Waals surface area contributed by atoms with E-state index in [0.29, 0.717) is 6.61 Å². The van der Waals surface area contributed by atoms with Crippen LogP contribution in [0.15, 0.2) is 28.7 Å². The molecule has 1 aliphatic heterocycles. The Hall–Kier alpha value is -1.07. The first kappa shape index (κ1) is 15.3. The third kappa shape index (κ3) is 4.80. The number of nitrogens with zero attached hydrogens (tertiary/aromatic N) is 1. The van der Waals surface area contributed by atoms with Crippen molar-refractivity contribution in [3.05, 3.63) is 28.7 Å². The first-order valence-electron chi connectivity index (χ1n) is 6.99. The molecular formula is C15H20BrNO3. The van der Waals surface area contributed by atoms with Crippen molar-refractivity contribution in [1.29, 1.82) is 0 Å². The van der Waals surface area contributed by atoms with Gasteiger partial charge in [0.2, 0.25) is 0 Å². The van der Waals surface area contributed by atoms with Gasteiger partial charge < -0.3 is 9.84 Å². The lowest BCUT2D eigenvalue weighted by molar-refractivity contribution is -0.138. The van der Waals surface area contributed by atoms with E-state index in [0.717, 1.165) is 42.6 Å². The van der Waals surface area contributed by atoms with Gasteiger partial charge in [0.05, 0.1) is 6.42 Å². The number of piperidine rings is 1. The molecule has 0 amide bonds. The molecule has 1 fully saturated rings. The van der Waals surface area contributed by atoms with Crippen molar-refractivity contribution >= 4 is 21.9 Å². The predicted molar refractivity (Wildman–Crippen MR) is 81.1 cm³/mol. The fourth-order valence-corrected chi connectivity index (χ4v) is 2.86. The minimum Gasteiger partial charge on any atom is -0.492 e. The molecule has 1 N–H and O–H groups in total. The Kier molecular flexibility index (Phi) is 5.86. The first-order chi connectivity index (χ1) is 9.65. The maximum absolute atomic E-state index is 10.9. The number of hydrogen-bond acceptors (Lipinski definition) is 3. The van der Waals surface area contributed by atoms with Crippen molar-refractivity contribution in [3.63, 3.8) is 0 Å². The lowest BCUT2D eigenvalue weighted by atomic mass is 9.99. The van der Waals surface area contributed by atoms with Gasteiger partial charge >= 0.3 is 5.97 Å². The van der Waals surface area contributed by atoms with Crippen LogP contribution in [0.4, 0.5) is 0 Å². The topological polar surface area (TPSA) is 49.8 Å². The average Bonchev–Trinajstić information content (AvgIpc) is 2.42. The predicted octanol–water partition coefficient (Wildman–Crippen LogP) is 3.16. The molecule has 20 heavy (non-hydrogen) atoms. The van der Waals surface area contributed by atoms with Crippen LogP contribution in [0.2, 0.25) is 0 Å². The number of halogens is 1. The van der Waals surface area contributed by atoms with Crippen molar-refractivity contribution in [2.75, 3.05) is 19.7 Å². The largest absolute Gasteiger partial charge is 0.492 e. The van der Waals surface area contributed by atoms with Crippen LogP contribution < -0.4 is 4.74 Å². The highest BCUT2D eigenvalue weighted by atomic mass is 79.9. The van der Waals surface area contributed by atoms with Crippen LogP contribution in [0.5, 0.6) is 5.75 Å². The van der Waals surface area contributed by atoms with E-state index in [1.165, 1.54) is 0 Å². The standard InChI is InChI=1S/C15H20BrNO3/c16-12-4-6-14(7-5-12)20-10-9-17-8-2-1-3-13(17)11-15(18)19/h4-7,13H,1-3,8-11H2,(H,18,19). The van der Waals surface area contributed by atoms with E-state index in [2.05, 4.69) is 20.8 Å². The number of likely N-dealkylation sites (tertiary alicyclic amines) is 1. The molecule has 1 aliphatic rings. The van der Waals surface area contributed by atoms with Crippen LogP contribution in [0.1, 0.15) is 25.7 Å². The molecule has 1 saturated heterocycles. The third-order valence-corrected chi connectivity index (χ3v) is 4.15. The van der Waals surface area contributed by atoms with Gasteiger partial charge in [-0.25, -0.2) is 0 Å².